The molecule has 38 heavy (non-hydrogen) atoms. The number of nitriles is 1. The molecule has 2 aliphatic rings. The van der Waals surface area contributed by atoms with Crippen LogP contribution in [0.15, 0.2) is 55.7 Å². The van der Waals surface area contributed by atoms with Gasteiger partial charge in [0.1, 0.15) is 10.8 Å². The second kappa shape index (κ2) is 11.3. The van der Waals surface area contributed by atoms with E-state index in [4.69, 9.17) is 5.73 Å². The third-order valence-corrected chi connectivity index (χ3v) is 9.60. The number of ketones is 1. The lowest BCUT2D eigenvalue weighted by Crippen LogP contribution is -2.38. The summed E-state index contributed by atoms with van der Waals surface area (Å²) in [6.07, 6.45) is 2.48. The fraction of sp³-hybridized carbons (Fsp3) is 0.292. The number of hydrogen-bond donors (Lipinski definition) is 2. The topological polar surface area (TPSA) is 151 Å². The maximum atomic E-state index is 13.2. The fourth-order valence-electron chi connectivity index (χ4n) is 4.37. The number of carbonyl (C=O) groups excluding carboxylic acids is 2. The molecule has 3 N–H and O–H groups in total. The van der Waals surface area contributed by atoms with Gasteiger partial charge in [-0.1, -0.05) is 69.4 Å². The Morgan fingerprint density at radius 1 is 1.24 bits per heavy atom. The number of nitrogens with one attached hydrogen (secondary N) is 1. The van der Waals surface area contributed by atoms with Gasteiger partial charge in [-0.2, -0.15) is 5.26 Å². The summed E-state index contributed by atoms with van der Waals surface area (Å²) in [6.45, 7) is 1.97. The molecule has 10 nitrogen and oxygen atoms in total. The van der Waals surface area contributed by atoms with E-state index in [9.17, 15) is 14.9 Å². The third-order valence-electron chi connectivity index (χ3n) is 6.05. The van der Waals surface area contributed by atoms with E-state index < -0.39 is 5.92 Å². The van der Waals surface area contributed by atoms with Crippen molar-refractivity contribution in [2.75, 3.05) is 16.0 Å². The van der Waals surface area contributed by atoms with Crippen LogP contribution in [0, 0.1) is 11.3 Å². The van der Waals surface area contributed by atoms with Crippen LogP contribution in [0.1, 0.15) is 42.7 Å². The summed E-state index contributed by atoms with van der Waals surface area (Å²) >= 11 is 7.27. The van der Waals surface area contributed by atoms with Gasteiger partial charge in [-0.3, -0.25) is 19.8 Å². The molecule has 0 fully saturated rings. The maximum Gasteiger partial charge on any atom is 0.236 e. The number of nitrogens with zero attached hydrogens (tertiary/aromatic N) is 6. The summed E-state index contributed by atoms with van der Waals surface area (Å²) < 4.78 is 1.47. The Balaban J connectivity index is 1.41. The predicted molar refractivity (Wildman–Crippen MR) is 151 cm³/mol. The molecular weight excluding hydrogens is 608 g/mol. The number of Topliss-reactive ketones (excluding diaryl/α,β-unsaturated/α-hetero) is 1. The number of halogens is 1. The van der Waals surface area contributed by atoms with Crippen LogP contribution in [-0.2, 0) is 16.0 Å². The summed E-state index contributed by atoms with van der Waals surface area (Å²) in [5.41, 5.74) is 9.05. The van der Waals surface area contributed by atoms with Crippen molar-refractivity contribution < 1.29 is 9.59 Å². The molecular formula is C24H21BrN8O2S3. The van der Waals surface area contributed by atoms with Gasteiger partial charge >= 0.3 is 0 Å². The lowest BCUT2D eigenvalue weighted by atomic mass is 9.76. The Hall–Kier alpha value is -3.12. The Labute approximate surface area is 239 Å². The summed E-state index contributed by atoms with van der Waals surface area (Å²) in [4.78, 5) is 27.3. The van der Waals surface area contributed by atoms with Gasteiger partial charge in [0.25, 0.3) is 0 Å². The van der Waals surface area contributed by atoms with Crippen molar-refractivity contribution in [3.05, 3.63) is 62.0 Å². The number of allylic oxidation sites excluding steroid dienone is 3. The highest BCUT2D eigenvalue weighted by molar-refractivity contribution is 9.10. The van der Waals surface area contributed by atoms with Crippen molar-refractivity contribution in [2.24, 2.45) is 5.73 Å². The van der Waals surface area contributed by atoms with Crippen LogP contribution in [0.2, 0.25) is 0 Å². The number of hydrogen-bond acceptors (Lipinski definition) is 12. The highest BCUT2D eigenvalue weighted by atomic mass is 79.9. The Morgan fingerprint density at radius 3 is 2.74 bits per heavy atom. The number of aromatic nitrogens is 4. The van der Waals surface area contributed by atoms with Crippen molar-refractivity contribution in [3.8, 4) is 6.07 Å². The molecule has 1 unspecified atom stereocenters. The van der Waals surface area contributed by atoms with E-state index >= 15 is 0 Å². The van der Waals surface area contributed by atoms with Crippen LogP contribution in [0.25, 0.3) is 0 Å². The van der Waals surface area contributed by atoms with Crippen LogP contribution in [-0.4, -0.2) is 37.8 Å². The molecule has 0 saturated heterocycles. The first-order chi connectivity index (χ1) is 18.4. The Kier molecular flexibility index (Phi) is 7.89. The largest absolute Gasteiger partial charge is 0.384 e. The van der Waals surface area contributed by atoms with Gasteiger partial charge in [0.15, 0.2) is 10.1 Å². The monoisotopic (exact) mass is 628 g/mol. The molecule has 0 radical (unpaired) electrons. The molecule has 3 aromatic rings. The molecule has 3 heterocycles. The Morgan fingerprint density at radius 2 is 2.03 bits per heavy atom. The zero-order chi connectivity index (χ0) is 26.8. The van der Waals surface area contributed by atoms with Crippen molar-refractivity contribution in [1.29, 1.82) is 5.26 Å². The van der Waals surface area contributed by atoms with Crippen LogP contribution in [0.4, 0.5) is 10.3 Å². The second-order valence-corrected chi connectivity index (χ2v) is 12.6. The molecule has 1 aliphatic carbocycles. The van der Waals surface area contributed by atoms with E-state index in [1.54, 1.807) is 4.90 Å². The van der Waals surface area contributed by atoms with Crippen LogP contribution < -0.4 is 16.0 Å². The first-order valence-electron chi connectivity index (χ1n) is 11.7. The first-order valence-corrected chi connectivity index (χ1v) is 15.1. The van der Waals surface area contributed by atoms with Gasteiger partial charge in [0, 0.05) is 22.2 Å². The number of anilines is 2. The van der Waals surface area contributed by atoms with Gasteiger partial charge in [-0.25, -0.2) is 0 Å². The predicted octanol–water partition coefficient (Wildman–Crippen LogP) is 4.75. The van der Waals surface area contributed by atoms with Gasteiger partial charge in [-0.05, 0) is 37.0 Å². The standard InChI is InChI=1S/C24H21BrN8O2S3/c1-2-18-29-30-22(37-18)28-17(35)11-36-24-32-31-23(38-24)33-15-4-3-5-16(34)20(15)19(14(10-26)21(33)27)12-6-8-13(25)9-7-12/h6-9,19H,2-5,11,27H2,1H3,(H,28,30,35). The van der Waals surface area contributed by atoms with E-state index in [2.05, 4.69) is 47.7 Å². The minimum absolute atomic E-state index is 0.00288. The SMILES string of the molecule is CCc1nnc(NC(=O)CSc2nnc(N3C(N)=C(C#N)C(c4ccc(Br)cc4)C4=C3CCCC4=O)s2)s1. The highest BCUT2D eigenvalue weighted by Crippen LogP contribution is 2.47. The minimum atomic E-state index is -0.536. The number of thioether (sulfide) groups is 1. The molecule has 5 rings (SSSR count). The summed E-state index contributed by atoms with van der Waals surface area (Å²) in [7, 11) is 0. The molecule has 194 valence electrons. The molecule has 14 heteroatoms. The van der Waals surface area contributed by atoms with E-state index in [0.29, 0.717) is 45.0 Å². The quantitative estimate of drug-likeness (QED) is 0.351. The summed E-state index contributed by atoms with van der Waals surface area (Å²) in [6, 6.07) is 9.82. The number of amides is 1. The molecule has 1 aliphatic heterocycles. The lowest BCUT2D eigenvalue weighted by Gasteiger charge is -2.38. The zero-order valence-corrected chi connectivity index (χ0v) is 24.1. The smallest absolute Gasteiger partial charge is 0.236 e. The van der Waals surface area contributed by atoms with E-state index in [0.717, 1.165) is 27.2 Å². The number of benzene rings is 1. The normalized spacial score (nSPS) is 17.4. The number of aryl methyl sites for hydroxylation is 1. The number of nitrogens with two attached hydrogens (primary N) is 1. The van der Waals surface area contributed by atoms with Crippen molar-refractivity contribution >= 4 is 72.3 Å². The van der Waals surface area contributed by atoms with E-state index in [1.807, 2.05) is 31.2 Å². The fourth-order valence-corrected chi connectivity index (χ4v) is 7.02. The van der Waals surface area contributed by atoms with Crippen LogP contribution >= 0.6 is 50.4 Å². The van der Waals surface area contributed by atoms with Gasteiger partial charge in [0.05, 0.1) is 23.3 Å². The number of carbonyl (C=O) groups is 2. The molecule has 0 saturated carbocycles. The van der Waals surface area contributed by atoms with Crippen LogP contribution in [0.5, 0.6) is 0 Å². The summed E-state index contributed by atoms with van der Waals surface area (Å²) in [5.74, 6) is -0.408. The van der Waals surface area contributed by atoms with Crippen molar-refractivity contribution in [3.63, 3.8) is 0 Å². The molecule has 1 atom stereocenters. The molecule has 1 amide bonds. The summed E-state index contributed by atoms with van der Waals surface area (Å²) in [5, 5.41) is 31.1. The van der Waals surface area contributed by atoms with Gasteiger partial charge < -0.3 is 5.73 Å². The third kappa shape index (κ3) is 5.24. The van der Waals surface area contributed by atoms with Crippen molar-refractivity contribution in [2.45, 2.75) is 42.9 Å². The second-order valence-electron chi connectivity index (χ2n) is 8.41. The first kappa shape index (κ1) is 26.5. The average Bonchev–Trinajstić information content (AvgIpc) is 3.57. The average molecular weight is 630 g/mol. The minimum Gasteiger partial charge on any atom is -0.384 e. The van der Waals surface area contributed by atoms with Crippen molar-refractivity contribution in [1.82, 2.24) is 20.4 Å². The number of rotatable bonds is 7. The molecule has 1 aromatic carbocycles. The highest BCUT2D eigenvalue weighted by Gasteiger charge is 2.41. The van der Waals surface area contributed by atoms with Gasteiger partial charge in [-0.15, -0.1) is 20.4 Å². The lowest BCUT2D eigenvalue weighted by molar-refractivity contribution is -0.116. The van der Waals surface area contributed by atoms with E-state index in [1.165, 1.54) is 34.4 Å². The molecule has 0 bridgehead atoms. The van der Waals surface area contributed by atoms with Crippen LogP contribution in [0.3, 0.4) is 0 Å². The molecule has 2 aromatic heterocycles. The Bertz CT molecular complexity index is 1510. The zero-order valence-electron chi connectivity index (χ0n) is 20.1. The van der Waals surface area contributed by atoms with E-state index in [-0.39, 0.29) is 23.3 Å². The maximum absolute atomic E-state index is 13.2. The van der Waals surface area contributed by atoms with Gasteiger partial charge in [0.2, 0.25) is 16.2 Å². The molecule has 0 spiro atoms.